The van der Waals surface area contributed by atoms with E-state index in [9.17, 15) is 5.11 Å². The maximum atomic E-state index is 10.2. The van der Waals surface area contributed by atoms with Gasteiger partial charge >= 0.3 is 0 Å². The van der Waals surface area contributed by atoms with E-state index in [0.717, 1.165) is 44.6 Å². The molecule has 1 rings (SSSR count). The number of benzene rings is 1. The van der Waals surface area contributed by atoms with E-state index < -0.39 is 6.10 Å². The number of halogens is 1. The van der Waals surface area contributed by atoms with Gasteiger partial charge in [-0.1, -0.05) is 36.7 Å². The van der Waals surface area contributed by atoms with Crippen molar-refractivity contribution >= 4 is 11.6 Å². The molecule has 4 heteroatoms. The van der Waals surface area contributed by atoms with E-state index in [1.165, 1.54) is 0 Å². The van der Waals surface area contributed by atoms with Crippen LogP contribution in [0, 0.1) is 0 Å². The van der Waals surface area contributed by atoms with Crippen molar-refractivity contribution in [2.75, 3.05) is 40.3 Å². The fourth-order valence-electron chi connectivity index (χ4n) is 2.24. The van der Waals surface area contributed by atoms with Crippen molar-refractivity contribution in [1.82, 2.24) is 9.80 Å². The summed E-state index contributed by atoms with van der Waals surface area (Å²) < 4.78 is 0. The van der Waals surface area contributed by atoms with E-state index in [-0.39, 0.29) is 0 Å². The Morgan fingerprint density at radius 2 is 1.85 bits per heavy atom. The first-order valence-electron chi connectivity index (χ1n) is 7.34. The van der Waals surface area contributed by atoms with Gasteiger partial charge in [0.1, 0.15) is 0 Å². The van der Waals surface area contributed by atoms with Gasteiger partial charge in [-0.25, -0.2) is 0 Å². The van der Waals surface area contributed by atoms with Gasteiger partial charge in [-0.05, 0) is 58.2 Å². The van der Waals surface area contributed by atoms with Crippen molar-refractivity contribution in [2.24, 2.45) is 0 Å². The third-order valence-corrected chi connectivity index (χ3v) is 3.85. The van der Waals surface area contributed by atoms with Crippen LogP contribution in [-0.2, 0) is 0 Å². The summed E-state index contributed by atoms with van der Waals surface area (Å²) in [6.07, 6.45) is 1.40. The first-order chi connectivity index (χ1) is 9.54. The highest BCUT2D eigenvalue weighted by molar-refractivity contribution is 6.31. The quantitative estimate of drug-likeness (QED) is 0.759. The Kier molecular flexibility index (Phi) is 8.15. The number of hydrogen-bond acceptors (Lipinski definition) is 3. The second kappa shape index (κ2) is 9.35. The standard InChI is InChI=1S/C16H27ClN2O/c1-4-19(12-7-11-18(2)3)13-10-16(20)14-8-5-6-9-15(14)17/h5-6,8-9,16,20H,4,7,10-13H2,1-3H3. The topological polar surface area (TPSA) is 26.7 Å². The van der Waals surface area contributed by atoms with Crippen LogP contribution in [0.4, 0.5) is 0 Å². The summed E-state index contributed by atoms with van der Waals surface area (Å²) >= 11 is 6.11. The summed E-state index contributed by atoms with van der Waals surface area (Å²) in [5, 5.41) is 10.9. The van der Waals surface area contributed by atoms with Crippen molar-refractivity contribution < 1.29 is 5.11 Å². The fraction of sp³-hybridized carbons (Fsp3) is 0.625. The minimum atomic E-state index is -0.480. The molecule has 0 aliphatic heterocycles. The molecule has 20 heavy (non-hydrogen) atoms. The Bertz CT molecular complexity index is 384. The van der Waals surface area contributed by atoms with Crippen LogP contribution in [0.25, 0.3) is 0 Å². The zero-order valence-electron chi connectivity index (χ0n) is 12.8. The average Bonchev–Trinajstić information content (AvgIpc) is 2.42. The molecule has 1 atom stereocenters. The van der Waals surface area contributed by atoms with Crippen molar-refractivity contribution in [3.8, 4) is 0 Å². The minimum absolute atomic E-state index is 0.480. The van der Waals surface area contributed by atoms with Crippen LogP contribution in [0.3, 0.4) is 0 Å². The number of nitrogens with zero attached hydrogens (tertiary/aromatic N) is 2. The fourth-order valence-corrected chi connectivity index (χ4v) is 2.51. The Balaban J connectivity index is 2.38. The highest BCUT2D eigenvalue weighted by Crippen LogP contribution is 2.24. The number of rotatable bonds is 9. The van der Waals surface area contributed by atoms with Gasteiger partial charge in [-0.3, -0.25) is 0 Å². The molecule has 1 aromatic carbocycles. The molecule has 0 heterocycles. The van der Waals surface area contributed by atoms with E-state index in [4.69, 9.17) is 11.6 Å². The van der Waals surface area contributed by atoms with Gasteiger partial charge in [0, 0.05) is 11.6 Å². The zero-order chi connectivity index (χ0) is 15.0. The minimum Gasteiger partial charge on any atom is -0.388 e. The monoisotopic (exact) mass is 298 g/mol. The van der Waals surface area contributed by atoms with Gasteiger partial charge in [0.25, 0.3) is 0 Å². The molecule has 0 bridgehead atoms. The lowest BCUT2D eigenvalue weighted by molar-refractivity contribution is 0.142. The van der Waals surface area contributed by atoms with E-state index in [1.807, 2.05) is 24.3 Å². The number of hydrogen-bond donors (Lipinski definition) is 1. The maximum Gasteiger partial charge on any atom is 0.0816 e. The number of aliphatic hydroxyl groups is 1. The Morgan fingerprint density at radius 3 is 2.45 bits per heavy atom. The van der Waals surface area contributed by atoms with Crippen LogP contribution < -0.4 is 0 Å². The molecular formula is C16H27ClN2O. The van der Waals surface area contributed by atoms with Crippen LogP contribution in [0.1, 0.15) is 31.4 Å². The maximum absolute atomic E-state index is 10.2. The predicted molar refractivity (Wildman–Crippen MR) is 86.3 cm³/mol. The summed E-state index contributed by atoms with van der Waals surface area (Å²) in [5.74, 6) is 0. The van der Waals surface area contributed by atoms with Crippen molar-refractivity contribution in [3.05, 3.63) is 34.9 Å². The smallest absolute Gasteiger partial charge is 0.0816 e. The van der Waals surface area contributed by atoms with Gasteiger partial charge in [0.05, 0.1) is 6.10 Å². The lowest BCUT2D eigenvalue weighted by Gasteiger charge is -2.23. The molecule has 0 aliphatic rings. The summed E-state index contributed by atoms with van der Waals surface area (Å²) in [6.45, 7) is 6.25. The van der Waals surface area contributed by atoms with Gasteiger partial charge in [-0.15, -0.1) is 0 Å². The summed E-state index contributed by atoms with van der Waals surface area (Å²) in [7, 11) is 4.19. The Hall–Kier alpha value is -0.610. The second-order valence-corrected chi connectivity index (χ2v) is 5.82. The highest BCUT2D eigenvalue weighted by atomic mass is 35.5. The van der Waals surface area contributed by atoms with Crippen molar-refractivity contribution in [1.29, 1.82) is 0 Å². The third kappa shape index (κ3) is 6.23. The summed E-state index contributed by atoms with van der Waals surface area (Å²) in [4.78, 5) is 4.58. The van der Waals surface area contributed by atoms with E-state index >= 15 is 0 Å². The first kappa shape index (κ1) is 17.4. The zero-order valence-corrected chi connectivity index (χ0v) is 13.6. The van der Waals surface area contributed by atoms with E-state index in [0.29, 0.717) is 5.02 Å². The molecule has 0 spiro atoms. The number of aliphatic hydroxyl groups excluding tert-OH is 1. The molecule has 1 aromatic rings. The first-order valence-corrected chi connectivity index (χ1v) is 7.72. The molecule has 0 aliphatic carbocycles. The normalized spacial score (nSPS) is 13.2. The molecule has 0 radical (unpaired) electrons. The van der Waals surface area contributed by atoms with Crippen LogP contribution in [-0.4, -0.2) is 55.2 Å². The van der Waals surface area contributed by atoms with Crippen LogP contribution in [0.5, 0.6) is 0 Å². The largest absolute Gasteiger partial charge is 0.388 e. The van der Waals surface area contributed by atoms with Gasteiger partial charge in [0.2, 0.25) is 0 Å². The van der Waals surface area contributed by atoms with Gasteiger partial charge in [-0.2, -0.15) is 0 Å². The molecule has 0 saturated heterocycles. The van der Waals surface area contributed by atoms with E-state index in [1.54, 1.807) is 0 Å². The lowest BCUT2D eigenvalue weighted by atomic mass is 10.1. The second-order valence-electron chi connectivity index (χ2n) is 5.42. The Morgan fingerprint density at radius 1 is 1.15 bits per heavy atom. The molecule has 0 amide bonds. The molecule has 0 saturated carbocycles. The van der Waals surface area contributed by atoms with Crippen molar-refractivity contribution in [3.63, 3.8) is 0 Å². The highest BCUT2D eigenvalue weighted by Gasteiger charge is 2.12. The lowest BCUT2D eigenvalue weighted by Crippen LogP contribution is -2.29. The summed E-state index contributed by atoms with van der Waals surface area (Å²) in [6, 6.07) is 7.53. The molecule has 3 nitrogen and oxygen atoms in total. The molecule has 0 fully saturated rings. The molecule has 1 unspecified atom stereocenters. The van der Waals surface area contributed by atoms with Crippen LogP contribution >= 0.6 is 11.6 Å². The summed E-state index contributed by atoms with van der Waals surface area (Å²) in [5.41, 5.74) is 0.832. The molecule has 0 aromatic heterocycles. The molecule has 1 N–H and O–H groups in total. The van der Waals surface area contributed by atoms with Crippen molar-refractivity contribution in [2.45, 2.75) is 25.9 Å². The SMILES string of the molecule is CCN(CCCN(C)C)CCC(O)c1ccccc1Cl. The molecular weight excluding hydrogens is 272 g/mol. The van der Waals surface area contributed by atoms with E-state index in [2.05, 4.69) is 30.8 Å². The molecule has 114 valence electrons. The Labute approximate surface area is 128 Å². The predicted octanol–water partition coefficient (Wildman–Crippen LogP) is 3.04. The van der Waals surface area contributed by atoms with Gasteiger partial charge in [0.15, 0.2) is 0 Å². The third-order valence-electron chi connectivity index (χ3n) is 3.51. The van der Waals surface area contributed by atoms with Crippen LogP contribution in [0.2, 0.25) is 5.02 Å². The average molecular weight is 299 g/mol. The van der Waals surface area contributed by atoms with Crippen LogP contribution in [0.15, 0.2) is 24.3 Å². The van der Waals surface area contributed by atoms with Gasteiger partial charge < -0.3 is 14.9 Å².